The van der Waals surface area contributed by atoms with Crippen molar-refractivity contribution in [2.75, 3.05) is 44.8 Å². The predicted molar refractivity (Wildman–Crippen MR) is 96.2 cm³/mol. The summed E-state index contributed by atoms with van der Waals surface area (Å²) >= 11 is 0. The van der Waals surface area contributed by atoms with Crippen molar-refractivity contribution in [3.8, 4) is 0 Å². The molecule has 2 aliphatic rings. The molecular formula is C18H27N5O2. The van der Waals surface area contributed by atoms with Crippen LogP contribution in [-0.4, -0.2) is 71.1 Å². The fourth-order valence-electron chi connectivity index (χ4n) is 3.65. The van der Waals surface area contributed by atoms with Gasteiger partial charge in [0.05, 0.1) is 44.2 Å². The summed E-state index contributed by atoms with van der Waals surface area (Å²) in [4.78, 5) is 7.22. The second-order valence-corrected chi connectivity index (χ2v) is 7.28. The van der Waals surface area contributed by atoms with E-state index in [1.807, 2.05) is 17.5 Å². The highest BCUT2D eigenvalue weighted by Crippen LogP contribution is 2.23. The Kier molecular flexibility index (Phi) is 4.62. The molecule has 4 rings (SSSR count). The van der Waals surface area contributed by atoms with Gasteiger partial charge in [0, 0.05) is 30.9 Å². The first kappa shape index (κ1) is 16.8. The van der Waals surface area contributed by atoms with E-state index in [1.54, 1.807) is 0 Å². The Balaban J connectivity index is 1.62. The van der Waals surface area contributed by atoms with Crippen molar-refractivity contribution < 1.29 is 9.47 Å². The number of fused-ring (bicyclic) bond motifs is 1. The Hall–Kier alpha value is -1.70. The van der Waals surface area contributed by atoms with Gasteiger partial charge >= 0.3 is 0 Å². The molecule has 0 amide bonds. The number of rotatable bonds is 4. The van der Waals surface area contributed by atoms with Gasteiger partial charge in [0.15, 0.2) is 5.65 Å². The topological polar surface area (TPSA) is 63.9 Å². The van der Waals surface area contributed by atoms with E-state index in [0.29, 0.717) is 18.6 Å². The number of nitrogens with one attached hydrogen (secondary N) is 1. The van der Waals surface area contributed by atoms with Gasteiger partial charge in [0.25, 0.3) is 0 Å². The Labute approximate surface area is 148 Å². The van der Waals surface area contributed by atoms with E-state index >= 15 is 0 Å². The third-order valence-electron chi connectivity index (χ3n) is 5.06. The average Bonchev–Trinajstić information content (AvgIpc) is 3.21. The first-order chi connectivity index (χ1) is 12.1. The molecule has 25 heavy (non-hydrogen) atoms. The lowest BCUT2D eigenvalue weighted by atomic mass is 10.1. The van der Waals surface area contributed by atoms with Crippen LogP contribution in [0.2, 0.25) is 0 Å². The number of anilines is 1. The first-order valence-electron chi connectivity index (χ1n) is 9.15. The van der Waals surface area contributed by atoms with E-state index in [2.05, 4.69) is 35.2 Å². The molecule has 4 heterocycles. The van der Waals surface area contributed by atoms with Gasteiger partial charge < -0.3 is 14.8 Å². The minimum absolute atomic E-state index is 0.244. The normalized spacial score (nSPS) is 25.1. The average molecular weight is 345 g/mol. The largest absolute Gasteiger partial charge is 0.379 e. The Morgan fingerprint density at radius 1 is 1.16 bits per heavy atom. The van der Waals surface area contributed by atoms with Crippen LogP contribution in [0.5, 0.6) is 0 Å². The summed E-state index contributed by atoms with van der Waals surface area (Å²) in [5.74, 6) is 1.37. The van der Waals surface area contributed by atoms with Crippen LogP contribution in [0.1, 0.15) is 31.2 Å². The number of aromatic nitrogens is 3. The van der Waals surface area contributed by atoms with Crippen LogP contribution in [0.3, 0.4) is 0 Å². The monoisotopic (exact) mass is 345 g/mol. The highest BCUT2D eigenvalue weighted by Gasteiger charge is 2.34. The lowest BCUT2D eigenvalue weighted by Crippen LogP contribution is -2.51. The zero-order valence-corrected chi connectivity index (χ0v) is 15.2. The van der Waals surface area contributed by atoms with Crippen molar-refractivity contribution in [1.82, 2.24) is 19.5 Å². The smallest absolute Gasteiger partial charge is 0.157 e. The molecule has 2 aromatic rings. The van der Waals surface area contributed by atoms with E-state index in [0.717, 1.165) is 55.8 Å². The standard InChI is InChI=1S/C18H27N5O2/c1-12(2)14-9-18(23-17(19-14)8-13(3)21-23)20-15-10-25-11-16(15)22-4-6-24-7-5-22/h8-9,12,15-16,20H,4-7,10-11H2,1-3H3/t15-,16-/m0/s1. The highest BCUT2D eigenvalue weighted by atomic mass is 16.5. The molecule has 2 aromatic heterocycles. The van der Waals surface area contributed by atoms with Crippen molar-refractivity contribution in [3.05, 3.63) is 23.5 Å². The van der Waals surface area contributed by atoms with Crippen molar-refractivity contribution >= 4 is 11.5 Å². The van der Waals surface area contributed by atoms with Gasteiger partial charge in [-0.25, -0.2) is 4.98 Å². The van der Waals surface area contributed by atoms with Gasteiger partial charge in [0.1, 0.15) is 5.82 Å². The van der Waals surface area contributed by atoms with Gasteiger partial charge in [-0.05, 0) is 12.8 Å². The number of nitrogens with zero attached hydrogens (tertiary/aromatic N) is 4. The Morgan fingerprint density at radius 2 is 1.96 bits per heavy atom. The van der Waals surface area contributed by atoms with Crippen LogP contribution in [0.25, 0.3) is 5.65 Å². The summed E-state index contributed by atoms with van der Waals surface area (Å²) in [6.07, 6.45) is 0. The molecule has 2 aliphatic heterocycles. The summed E-state index contributed by atoms with van der Waals surface area (Å²) in [7, 11) is 0. The quantitative estimate of drug-likeness (QED) is 0.909. The van der Waals surface area contributed by atoms with Crippen LogP contribution in [0.4, 0.5) is 5.82 Å². The summed E-state index contributed by atoms with van der Waals surface area (Å²) in [5.41, 5.74) is 2.95. The third kappa shape index (κ3) is 3.36. The maximum atomic E-state index is 5.80. The minimum Gasteiger partial charge on any atom is -0.379 e. The first-order valence-corrected chi connectivity index (χ1v) is 9.15. The number of hydrogen-bond donors (Lipinski definition) is 1. The van der Waals surface area contributed by atoms with Crippen molar-refractivity contribution in [2.45, 2.75) is 38.8 Å². The van der Waals surface area contributed by atoms with Crippen LogP contribution in [0.15, 0.2) is 12.1 Å². The third-order valence-corrected chi connectivity index (χ3v) is 5.06. The molecule has 1 N–H and O–H groups in total. The molecule has 2 fully saturated rings. The zero-order chi connectivity index (χ0) is 17.4. The van der Waals surface area contributed by atoms with E-state index in [9.17, 15) is 0 Å². The maximum absolute atomic E-state index is 5.80. The molecule has 0 saturated carbocycles. The van der Waals surface area contributed by atoms with Crippen LogP contribution >= 0.6 is 0 Å². The summed E-state index contributed by atoms with van der Waals surface area (Å²) in [6, 6.07) is 4.76. The van der Waals surface area contributed by atoms with Crippen molar-refractivity contribution in [1.29, 1.82) is 0 Å². The molecule has 0 unspecified atom stereocenters. The molecule has 0 aromatic carbocycles. The molecule has 2 saturated heterocycles. The van der Waals surface area contributed by atoms with Crippen LogP contribution < -0.4 is 5.32 Å². The number of morpholine rings is 1. The summed E-state index contributed by atoms with van der Waals surface area (Å²) in [5, 5.41) is 8.30. The van der Waals surface area contributed by atoms with Crippen LogP contribution in [0, 0.1) is 6.92 Å². The maximum Gasteiger partial charge on any atom is 0.157 e. The van der Waals surface area contributed by atoms with Gasteiger partial charge in [-0.3, -0.25) is 4.90 Å². The lowest BCUT2D eigenvalue weighted by molar-refractivity contribution is 0.0130. The summed E-state index contributed by atoms with van der Waals surface area (Å²) in [6.45, 7) is 11.4. The predicted octanol–water partition coefficient (Wildman–Crippen LogP) is 1.67. The minimum atomic E-state index is 0.244. The van der Waals surface area contributed by atoms with E-state index in [-0.39, 0.29) is 6.04 Å². The second kappa shape index (κ2) is 6.90. The molecule has 7 nitrogen and oxygen atoms in total. The van der Waals surface area contributed by atoms with Gasteiger partial charge in [-0.15, -0.1) is 0 Å². The molecule has 2 atom stereocenters. The second-order valence-electron chi connectivity index (χ2n) is 7.28. The van der Waals surface area contributed by atoms with E-state index in [4.69, 9.17) is 14.5 Å². The molecule has 0 spiro atoms. The number of aryl methyl sites for hydroxylation is 1. The number of ether oxygens (including phenoxy) is 2. The van der Waals surface area contributed by atoms with Crippen LogP contribution in [-0.2, 0) is 9.47 Å². The summed E-state index contributed by atoms with van der Waals surface area (Å²) < 4.78 is 13.2. The molecule has 136 valence electrons. The molecule has 0 aliphatic carbocycles. The molecule has 0 radical (unpaired) electrons. The molecule has 0 bridgehead atoms. The van der Waals surface area contributed by atoms with Gasteiger partial charge in [-0.1, -0.05) is 13.8 Å². The molecule has 7 heteroatoms. The fourth-order valence-corrected chi connectivity index (χ4v) is 3.65. The lowest BCUT2D eigenvalue weighted by Gasteiger charge is -2.34. The zero-order valence-electron chi connectivity index (χ0n) is 15.2. The molecular weight excluding hydrogens is 318 g/mol. The SMILES string of the molecule is Cc1cc2nc(C(C)C)cc(N[C@H]3COC[C@@H]3N3CCOCC3)n2n1. The fraction of sp³-hybridized carbons (Fsp3) is 0.667. The van der Waals surface area contributed by atoms with Gasteiger partial charge in [0.2, 0.25) is 0 Å². The van der Waals surface area contributed by atoms with E-state index in [1.165, 1.54) is 0 Å². The highest BCUT2D eigenvalue weighted by molar-refractivity contribution is 5.51. The number of hydrogen-bond acceptors (Lipinski definition) is 6. The van der Waals surface area contributed by atoms with Gasteiger partial charge in [-0.2, -0.15) is 9.61 Å². The van der Waals surface area contributed by atoms with Crippen molar-refractivity contribution in [3.63, 3.8) is 0 Å². The van der Waals surface area contributed by atoms with Crippen molar-refractivity contribution in [2.24, 2.45) is 0 Å². The Bertz CT molecular complexity index is 738. The van der Waals surface area contributed by atoms with E-state index < -0.39 is 0 Å². The Morgan fingerprint density at radius 3 is 2.72 bits per heavy atom.